The summed E-state index contributed by atoms with van der Waals surface area (Å²) in [4.78, 5) is 0. The molecule has 0 heterocycles. The van der Waals surface area contributed by atoms with Crippen LogP contribution >= 0.6 is 0 Å². The van der Waals surface area contributed by atoms with Crippen LogP contribution in [0, 0.1) is 5.41 Å². The van der Waals surface area contributed by atoms with Crippen molar-refractivity contribution in [2.75, 3.05) is 13.7 Å². The highest BCUT2D eigenvalue weighted by Crippen LogP contribution is 2.27. The Labute approximate surface area is 95.8 Å². The Hall–Kier alpha value is -0.0800. The van der Waals surface area contributed by atoms with Gasteiger partial charge in [0.05, 0.1) is 5.60 Å². The first kappa shape index (κ1) is 14.9. The van der Waals surface area contributed by atoms with Gasteiger partial charge in [-0.15, -0.1) is 0 Å². The third-order valence-corrected chi connectivity index (χ3v) is 2.95. The van der Waals surface area contributed by atoms with Crippen LogP contribution in [-0.4, -0.2) is 25.3 Å². The predicted molar refractivity (Wildman–Crippen MR) is 67.2 cm³/mol. The normalized spacial score (nSPS) is 13.6. The maximum absolute atomic E-state index is 5.44. The molecule has 92 valence electrons. The van der Waals surface area contributed by atoms with Crippen molar-refractivity contribution in [2.24, 2.45) is 5.41 Å². The van der Waals surface area contributed by atoms with Crippen LogP contribution in [0.1, 0.15) is 54.4 Å². The van der Waals surface area contributed by atoms with E-state index in [0.717, 1.165) is 13.0 Å². The van der Waals surface area contributed by atoms with Crippen LogP contribution in [0.3, 0.4) is 0 Å². The molecule has 15 heavy (non-hydrogen) atoms. The van der Waals surface area contributed by atoms with Gasteiger partial charge in [-0.3, -0.25) is 0 Å². The molecule has 0 bridgehead atoms. The standard InChI is InChI=1S/C13H29NO/c1-11(2)14-10-12(3,4)8-9-13(5,6)15-7/h11,14H,8-10H2,1-7H3. The molecule has 2 nitrogen and oxygen atoms in total. The van der Waals surface area contributed by atoms with E-state index in [9.17, 15) is 0 Å². The third-order valence-electron chi connectivity index (χ3n) is 2.95. The van der Waals surface area contributed by atoms with Gasteiger partial charge in [0, 0.05) is 19.7 Å². The maximum atomic E-state index is 5.44. The molecular weight excluding hydrogens is 186 g/mol. The van der Waals surface area contributed by atoms with Gasteiger partial charge in [0.15, 0.2) is 0 Å². The van der Waals surface area contributed by atoms with Gasteiger partial charge in [-0.05, 0) is 32.1 Å². The second kappa shape index (κ2) is 5.86. The molecular formula is C13H29NO. The lowest BCUT2D eigenvalue weighted by atomic mass is 9.84. The molecule has 0 aromatic rings. The topological polar surface area (TPSA) is 21.3 Å². The van der Waals surface area contributed by atoms with Crippen molar-refractivity contribution in [3.63, 3.8) is 0 Å². The van der Waals surface area contributed by atoms with Crippen LogP contribution in [0.25, 0.3) is 0 Å². The van der Waals surface area contributed by atoms with E-state index < -0.39 is 0 Å². The summed E-state index contributed by atoms with van der Waals surface area (Å²) in [6.45, 7) is 14.4. The highest BCUT2D eigenvalue weighted by Gasteiger charge is 2.23. The zero-order valence-corrected chi connectivity index (χ0v) is 11.6. The average molecular weight is 215 g/mol. The van der Waals surface area contributed by atoms with E-state index >= 15 is 0 Å². The lowest BCUT2D eigenvalue weighted by Gasteiger charge is -2.31. The molecule has 0 aliphatic heterocycles. The molecule has 0 aliphatic carbocycles. The molecule has 0 rings (SSSR count). The molecule has 0 aliphatic rings. The second-order valence-electron chi connectivity index (χ2n) is 6.16. The van der Waals surface area contributed by atoms with Crippen molar-refractivity contribution >= 4 is 0 Å². The summed E-state index contributed by atoms with van der Waals surface area (Å²) in [6, 6.07) is 0.569. The number of hydrogen-bond donors (Lipinski definition) is 1. The van der Waals surface area contributed by atoms with E-state index in [1.165, 1.54) is 6.42 Å². The summed E-state index contributed by atoms with van der Waals surface area (Å²) in [5, 5.41) is 3.50. The minimum atomic E-state index is 0.00903. The molecule has 0 amide bonds. The second-order valence-corrected chi connectivity index (χ2v) is 6.16. The van der Waals surface area contributed by atoms with Crippen molar-refractivity contribution in [3.8, 4) is 0 Å². The number of nitrogens with one attached hydrogen (secondary N) is 1. The fraction of sp³-hybridized carbons (Fsp3) is 1.00. The number of rotatable bonds is 7. The molecule has 0 radical (unpaired) electrons. The van der Waals surface area contributed by atoms with Crippen molar-refractivity contribution in [1.29, 1.82) is 0 Å². The fourth-order valence-electron chi connectivity index (χ4n) is 1.31. The largest absolute Gasteiger partial charge is 0.379 e. The molecule has 0 aromatic carbocycles. The zero-order chi connectivity index (χ0) is 12.1. The molecule has 2 heteroatoms. The summed E-state index contributed by atoms with van der Waals surface area (Å²) in [6.07, 6.45) is 2.30. The minimum Gasteiger partial charge on any atom is -0.379 e. The first-order valence-electron chi connectivity index (χ1n) is 5.97. The quantitative estimate of drug-likeness (QED) is 0.704. The summed E-state index contributed by atoms with van der Waals surface area (Å²) in [5.74, 6) is 0. The molecule has 0 atom stereocenters. The van der Waals surface area contributed by atoms with E-state index in [-0.39, 0.29) is 5.60 Å². The number of methoxy groups -OCH3 is 1. The molecule has 0 aromatic heterocycles. The summed E-state index contributed by atoms with van der Waals surface area (Å²) in [5.41, 5.74) is 0.356. The van der Waals surface area contributed by atoms with Crippen LogP contribution in [-0.2, 0) is 4.74 Å². The highest BCUT2D eigenvalue weighted by molar-refractivity contribution is 4.77. The lowest BCUT2D eigenvalue weighted by Crippen LogP contribution is -2.35. The van der Waals surface area contributed by atoms with Gasteiger partial charge in [-0.1, -0.05) is 27.7 Å². The minimum absolute atomic E-state index is 0.00903. The van der Waals surface area contributed by atoms with E-state index in [1.807, 2.05) is 0 Å². The number of ether oxygens (including phenoxy) is 1. The van der Waals surface area contributed by atoms with Crippen LogP contribution in [0.5, 0.6) is 0 Å². The highest BCUT2D eigenvalue weighted by atomic mass is 16.5. The molecule has 0 saturated carbocycles. The summed E-state index contributed by atoms with van der Waals surface area (Å²) in [7, 11) is 1.79. The first-order chi connectivity index (χ1) is 6.68. The molecule has 0 fully saturated rings. The molecule has 0 saturated heterocycles. The van der Waals surface area contributed by atoms with Crippen LogP contribution in [0.4, 0.5) is 0 Å². The van der Waals surface area contributed by atoms with Crippen molar-refractivity contribution in [1.82, 2.24) is 5.32 Å². The Morgan fingerprint density at radius 1 is 1.07 bits per heavy atom. The predicted octanol–water partition coefficient (Wildman–Crippen LogP) is 3.22. The van der Waals surface area contributed by atoms with Crippen molar-refractivity contribution in [3.05, 3.63) is 0 Å². The lowest BCUT2D eigenvalue weighted by molar-refractivity contribution is 0.00581. The smallest absolute Gasteiger partial charge is 0.0623 e. The Bertz CT molecular complexity index is 173. The van der Waals surface area contributed by atoms with E-state index in [4.69, 9.17) is 4.74 Å². The maximum Gasteiger partial charge on any atom is 0.0623 e. The Morgan fingerprint density at radius 3 is 2.00 bits per heavy atom. The fourth-order valence-corrected chi connectivity index (χ4v) is 1.31. The van der Waals surface area contributed by atoms with Gasteiger partial charge in [0.1, 0.15) is 0 Å². The van der Waals surface area contributed by atoms with Crippen LogP contribution < -0.4 is 5.32 Å². The first-order valence-corrected chi connectivity index (χ1v) is 5.97. The Balaban J connectivity index is 3.93. The Morgan fingerprint density at radius 2 is 1.60 bits per heavy atom. The Kier molecular flexibility index (Phi) is 5.82. The third kappa shape index (κ3) is 7.80. The van der Waals surface area contributed by atoms with E-state index in [1.54, 1.807) is 7.11 Å². The SMILES string of the molecule is COC(C)(C)CCC(C)(C)CNC(C)C. The van der Waals surface area contributed by atoms with Gasteiger partial charge < -0.3 is 10.1 Å². The van der Waals surface area contributed by atoms with Gasteiger partial charge in [0.2, 0.25) is 0 Å². The molecule has 0 spiro atoms. The van der Waals surface area contributed by atoms with Gasteiger partial charge in [-0.25, -0.2) is 0 Å². The average Bonchev–Trinajstić information content (AvgIpc) is 2.13. The van der Waals surface area contributed by atoms with Crippen LogP contribution in [0.15, 0.2) is 0 Å². The molecule has 0 unspecified atom stereocenters. The van der Waals surface area contributed by atoms with E-state index in [2.05, 4.69) is 46.9 Å². The van der Waals surface area contributed by atoms with Gasteiger partial charge >= 0.3 is 0 Å². The van der Waals surface area contributed by atoms with Gasteiger partial charge in [0.25, 0.3) is 0 Å². The monoisotopic (exact) mass is 215 g/mol. The van der Waals surface area contributed by atoms with Gasteiger partial charge in [-0.2, -0.15) is 0 Å². The number of hydrogen-bond acceptors (Lipinski definition) is 2. The van der Waals surface area contributed by atoms with Crippen LogP contribution in [0.2, 0.25) is 0 Å². The zero-order valence-electron chi connectivity index (χ0n) is 11.6. The van der Waals surface area contributed by atoms with Crippen molar-refractivity contribution in [2.45, 2.75) is 66.0 Å². The van der Waals surface area contributed by atoms with Crippen molar-refractivity contribution < 1.29 is 4.74 Å². The summed E-state index contributed by atoms with van der Waals surface area (Å²) >= 11 is 0. The summed E-state index contributed by atoms with van der Waals surface area (Å²) < 4.78 is 5.44. The molecule has 1 N–H and O–H groups in total. The van der Waals surface area contributed by atoms with E-state index in [0.29, 0.717) is 11.5 Å².